The molecule has 0 fully saturated rings. The van der Waals surface area contributed by atoms with Crippen LogP contribution in [-0.4, -0.2) is 6.71 Å². The third-order valence-corrected chi connectivity index (χ3v) is 6.80. The Labute approximate surface area is 205 Å². The van der Waals surface area contributed by atoms with Gasteiger partial charge >= 0.3 is 0 Å². The van der Waals surface area contributed by atoms with Crippen LogP contribution in [0.5, 0.6) is 23.0 Å². The maximum atomic E-state index is 14.6. The van der Waals surface area contributed by atoms with Crippen molar-refractivity contribution in [3.05, 3.63) is 115 Å². The highest BCUT2D eigenvalue weighted by atomic mass is 19.1. The quantitative estimate of drug-likeness (QED) is 0.278. The van der Waals surface area contributed by atoms with Gasteiger partial charge in [-0.05, 0) is 69.6 Å². The number of rotatable bonds is 2. The highest BCUT2D eigenvalue weighted by molar-refractivity contribution is 6.98. The van der Waals surface area contributed by atoms with Crippen LogP contribution < -0.4 is 25.9 Å². The summed E-state index contributed by atoms with van der Waals surface area (Å²) in [7, 11) is 0. The Bertz CT molecular complexity index is 1540. The fraction of sp³-hybridized carbons (Fsp3) is 0. The fourth-order valence-corrected chi connectivity index (χ4v) is 5.10. The molecule has 0 aliphatic carbocycles. The van der Waals surface area contributed by atoms with Crippen molar-refractivity contribution < 1.29 is 22.6 Å². The molecule has 0 N–H and O–H groups in total. The molecule has 0 bridgehead atoms. The first-order valence-corrected chi connectivity index (χ1v) is 11.5. The molecule has 2 heterocycles. The Morgan fingerprint density at radius 3 is 1.28 bits per heavy atom. The topological polar surface area (TPSA) is 18.5 Å². The molecule has 2 aliphatic rings. The zero-order valence-electron chi connectivity index (χ0n) is 18.8. The molecule has 6 heteroatoms. The molecular weight excluding hydrogens is 460 g/mol. The Kier molecular flexibility index (Phi) is 4.52. The van der Waals surface area contributed by atoms with Crippen LogP contribution >= 0.6 is 0 Å². The van der Waals surface area contributed by atoms with Gasteiger partial charge in [0.05, 0.1) is 0 Å². The molecule has 0 aromatic heterocycles. The molecule has 0 radical (unpaired) electrons. The first-order valence-electron chi connectivity index (χ1n) is 11.5. The minimum absolute atomic E-state index is 0.215. The summed E-state index contributed by atoms with van der Waals surface area (Å²) in [6.07, 6.45) is 0. The Morgan fingerprint density at radius 2 is 0.833 bits per heavy atom. The predicted molar refractivity (Wildman–Crippen MR) is 135 cm³/mol. The predicted octanol–water partition coefficient (Wildman–Crippen LogP) is 6.17. The van der Waals surface area contributed by atoms with Crippen LogP contribution in [0, 0.1) is 17.5 Å². The van der Waals surface area contributed by atoms with E-state index in [0.717, 1.165) is 38.6 Å². The maximum absolute atomic E-state index is 14.6. The third kappa shape index (κ3) is 3.29. The van der Waals surface area contributed by atoms with E-state index < -0.39 is 5.82 Å². The lowest BCUT2D eigenvalue weighted by Gasteiger charge is -2.33. The van der Waals surface area contributed by atoms with E-state index in [0.29, 0.717) is 23.0 Å². The van der Waals surface area contributed by atoms with Crippen molar-refractivity contribution >= 4 is 23.1 Å². The molecule has 0 saturated heterocycles. The minimum Gasteiger partial charge on any atom is -0.458 e. The zero-order chi connectivity index (χ0) is 24.4. The highest BCUT2D eigenvalue weighted by Crippen LogP contribution is 2.37. The van der Waals surface area contributed by atoms with Crippen LogP contribution in [0.4, 0.5) is 13.2 Å². The second-order valence-corrected chi connectivity index (χ2v) is 8.97. The molecule has 0 spiro atoms. The summed E-state index contributed by atoms with van der Waals surface area (Å²) in [5, 5.41) is 0. The second-order valence-electron chi connectivity index (χ2n) is 8.97. The Hall–Kier alpha value is -4.45. The SMILES string of the molecule is Fc1ccc(-c2ccc3c(c2)Oc2cc(F)cc4c2B3c2ccc(-c3ccc(F)cc3)cc2O4)cc1. The van der Waals surface area contributed by atoms with Crippen molar-refractivity contribution in [2.75, 3.05) is 0 Å². The first-order chi connectivity index (χ1) is 17.5. The molecule has 36 heavy (non-hydrogen) atoms. The van der Waals surface area contributed by atoms with E-state index in [1.54, 1.807) is 24.3 Å². The molecule has 5 aromatic carbocycles. The normalized spacial score (nSPS) is 12.7. The highest BCUT2D eigenvalue weighted by Gasteiger charge is 2.40. The van der Waals surface area contributed by atoms with Crippen molar-refractivity contribution in [2.24, 2.45) is 0 Å². The number of fused-ring (bicyclic) bond motifs is 4. The number of halogens is 3. The van der Waals surface area contributed by atoms with Gasteiger partial charge in [-0.25, -0.2) is 13.2 Å². The van der Waals surface area contributed by atoms with Crippen molar-refractivity contribution in [2.45, 2.75) is 0 Å². The van der Waals surface area contributed by atoms with Gasteiger partial charge in [-0.3, -0.25) is 0 Å². The second kappa shape index (κ2) is 7.78. The van der Waals surface area contributed by atoms with Gasteiger partial charge in [0.1, 0.15) is 40.4 Å². The van der Waals surface area contributed by atoms with Crippen LogP contribution in [0.15, 0.2) is 97.1 Å². The Balaban J connectivity index is 1.38. The summed E-state index contributed by atoms with van der Waals surface area (Å²) in [5.41, 5.74) is 6.08. The minimum atomic E-state index is -0.459. The lowest BCUT2D eigenvalue weighted by atomic mass is 9.35. The van der Waals surface area contributed by atoms with Gasteiger partial charge in [-0.1, -0.05) is 48.5 Å². The van der Waals surface area contributed by atoms with E-state index in [2.05, 4.69) is 0 Å². The molecule has 7 rings (SSSR count). The largest absolute Gasteiger partial charge is 0.458 e. The molecular formula is C30H16BF3O2. The molecule has 0 amide bonds. The van der Waals surface area contributed by atoms with Gasteiger partial charge in [-0.2, -0.15) is 0 Å². The summed E-state index contributed by atoms with van der Waals surface area (Å²) in [6.45, 7) is -0.215. The average Bonchev–Trinajstić information content (AvgIpc) is 2.88. The standard InChI is InChI=1S/C30H16BF3O2/c32-21-7-1-17(2-8-21)19-5-11-24-26(13-19)35-28-15-23(34)16-29-30(28)31(24)25-12-6-20(14-27(25)36-29)18-3-9-22(33)10-4-18/h1-16H. The fourth-order valence-electron chi connectivity index (χ4n) is 5.10. The molecule has 0 saturated carbocycles. The van der Waals surface area contributed by atoms with Gasteiger partial charge in [0.25, 0.3) is 6.71 Å². The summed E-state index contributed by atoms with van der Waals surface area (Å²) in [4.78, 5) is 0. The maximum Gasteiger partial charge on any atom is 0.260 e. The molecule has 172 valence electrons. The van der Waals surface area contributed by atoms with E-state index in [4.69, 9.17) is 9.47 Å². The number of hydrogen-bond donors (Lipinski definition) is 0. The van der Waals surface area contributed by atoms with Gasteiger partial charge in [-0.15, -0.1) is 0 Å². The van der Waals surface area contributed by atoms with Gasteiger partial charge in [0.15, 0.2) is 0 Å². The average molecular weight is 476 g/mol. The van der Waals surface area contributed by atoms with Crippen LogP contribution in [0.2, 0.25) is 0 Å². The summed E-state index contributed by atoms with van der Waals surface area (Å²) >= 11 is 0. The van der Waals surface area contributed by atoms with Gasteiger partial charge < -0.3 is 9.47 Å². The number of benzene rings is 5. The molecule has 5 aromatic rings. The summed E-state index contributed by atoms with van der Waals surface area (Å²) < 4.78 is 53.8. The monoisotopic (exact) mass is 476 g/mol. The van der Waals surface area contributed by atoms with Crippen molar-refractivity contribution in [1.82, 2.24) is 0 Å². The summed E-state index contributed by atoms with van der Waals surface area (Å²) in [6, 6.07) is 27.0. The van der Waals surface area contributed by atoms with Crippen molar-refractivity contribution in [1.29, 1.82) is 0 Å². The van der Waals surface area contributed by atoms with Crippen LogP contribution in [0.3, 0.4) is 0 Å². The van der Waals surface area contributed by atoms with Gasteiger partial charge in [0.2, 0.25) is 0 Å². The van der Waals surface area contributed by atoms with E-state index in [-0.39, 0.29) is 18.3 Å². The third-order valence-electron chi connectivity index (χ3n) is 6.80. The Morgan fingerprint density at radius 1 is 0.417 bits per heavy atom. The molecule has 0 atom stereocenters. The van der Waals surface area contributed by atoms with Crippen molar-refractivity contribution in [3.8, 4) is 45.3 Å². The summed E-state index contributed by atoms with van der Waals surface area (Å²) in [5.74, 6) is 0.980. The molecule has 2 aliphatic heterocycles. The lowest BCUT2D eigenvalue weighted by Crippen LogP contribution is -2.57. The van der Waals surface area contributed by atoms with Crippen LogP contribution in [-0.2, 0) is 0 Å². The smallest absolute Gasteiger partial charge is 0.260 e. The molecule has 0 unspecified atom stereocenters. The first kappa shape index (κ1) is 20.9. The zero-order valence-corrected chi connectivity index (χ0v) is 18.8. The van der Waals surface area contributed by atoms with E-state index in [9.17, 15) is 13.2 Å². The van der Waals surface area contributed by atoms with E-state index in [1.165, 1.54) is 36.4 Å². The lowest BCUT2D eigenvalue weighted by molar-refractivity contribution is 0.455. The number of ether oxygens (including phenoxy) is 2. The molecule has 2 nitrogen and oxygen atoms in total. The number of hydrogen-bond acceptors (Lipinski definition) is 2. The van der Waals surface area contributed by atoms with Crippen LogP contribution in [0.25, 0.3) is 22.3 Å². The van der Waals surface area contributed by atoms with Gasteiger partial charge in [0, 0.05) is 17.6 Å². The van der Waals surface area contributed by atoms with Crippen molar-refractivity contribution in [3.63, 3.8) is 0 Å². The van der Waals surface area contributed by atoms with E-state index >= 15 is 0 Å². The van der Waals surface area contributed by atoms with Crippen LogP contribution in [0.1, 0.15) is 0 Å². The van der Waals surface area contributed by atoms with E-state index in [1.807, 2.05) is 36.4 Å².